The van der Waals surface area contributed by atoms with E-state index in [4.69, 9.17) is 5.26 Å². The molecule has 0 aromatic carbocycles. The average Bonchev–Trinajstić information content (AvgIpc) is 1.90. The summed E-state index contributed by atoms with van der Waals surface area (Å²) in [5.41, 5.74) is 0. The SMILES string of the molecule is N.N#CC1CCCCC1.O.O.[Pt]. The van der Waals surface area contributed by atoms with Crippen LogP contribution in [0.4, 0.5) is 0 Å². The van der Waals surface area contributed by atoms with Gasteiger partial charge in [0.25, 0.3) is 0 Å². The molecule has 1 rings (SSSR count). The Morgan fingerprint density at radius 1 is 1.00 bits per heavy atom. The fraction of sp³-hybridized carbons (Fsp3) is 0.857. The molecule has 4 nitrogen and oxygen atoms in total. The van der Waals surface area contributed by atoms with Gasteiger partial charge < -0.3 is 17.1 Å². The quantitative estimate of drug-likeness (QED) is 0.682. The van der Waals surface area contributed by atoms with Crippen molar-refractivity contribution in [2.75, 3.05) is 0 Å². The second-order valence-electron chi connectivity index (χ2n) is 2.46. The summed E-state index contributed by atoms with van der Waals surface area (Å²) in [5, 5.41) is 8.44. The van der Waals surface area contributed by atoms with Crippen LogP contribution in [0, 0.1) is 17.2 Å². The van der Waals surface area contributed by atoms with E-state index in [1.807, 2.05) is 0 Å². The van der Waals surface area contributed by atoms with Crippen molar-refractivity contribution in [2.45, 2.75) is 32.1 Å². The maximum atomic E-state index is 8.44. The maximum Gasteiger partial charge on any atom is 0.0655 e. The van der Waals surface area contributed by atoms with Crippen LogP contribution in [-0.2, 0) is 21.1 Å². The second kappa shape index (κ2) is 13.6. The summed E-state index contributed by atoms with van der Waals surface area (Å²) in [6, 6.07) is 2.30. The van der Waals surface area contributed by atoms with Gasteiger partial charge >= 0.3 is 0 Å². The number of nitrogens with zero attached hydrogens (tertiary/aromatic N) is 1. The zero-order chi connectivity index (χ0) is 5.82. The Labute approximate surface area is 87.8 Å². The van der Waals surface area contributed by atoms with Gasteiger partial charge in [0.1, 0.15) is 0 Å². The fourth-order valence-electron chi connectivity index (χ4n) is 1.23. The standard InChI is InChI=1S/C7H11N.H3N.2H2O.Pt/c8-6-7-4-2-1-3-5-7;;;;/h7H,1-5H2;1H3;2*1H2;. The van der Waals surface area contributed by atoms with E-state index in [1.165, 1.54) is 19.3 Å². The van der Waals surface area contributed by atoms with E-state index in [9.17, 15) is 0 Å². The van der Waals surface area contributed by atoms with E-state index in [0.717, 1.165) is 12.8 Å². The molecule has 0 heterocycles. The molecule has 1 saturated carbocycles. The van der Waals surface area contributed by atoms with Crippen molar-refractivity contribution in [1.29, 1.82) is 5.26 Å². The smallest absolute Gasteiger partial charge is 0.0655 e. The van der Waals surface area contributed by atoms with E-state index in [1.54, 1.807) is 0 Å². The third kappa shape index (κ3) is 8.16. The molecule has 0 aromatic heterocycles. The normalized spacial score (nSPS) is 14.9. The molecule has 0 spiro atoms. The van der Waals surface area contributed by atoms with Gasteiger partial charge in [-0.1, -0.05) is 19.3 Å². The van der Waals surface area contributed by atoms with Gasteiger partial charge in [0.15, 0.2) is 0 Å². The van der Waals surface area contributed by atoms with Crippen LogP contribution >= 0.6 is 0 Å². The molecule has 0 radical (unpaired) electrons. The van der Waals surface area contributed by atoms with Crippen molar-refractivity contribution in [3.63, 3.8) is 0 Å². The third-order valence-corrected chi connectivity index (χ3v) is 1.79. The van der Waals surface area contributed by atoms with Gasteiger partial charge in [0.2, 0.25) is 0 Å². The third-order valence-electron chi connectivity index (χ3n) is 1.79. The van der Waals surface area contributed by atoms with Crippen molar-refractivity contribution >= 4 is 0 Å². The Morgan fingerprint density at radius 2 is 1.42 bits per heavy atom. The minimum absolute atomic E-state index is 0. The molecular weight excluding hydrogens is 339 g/mol. The first-order chi connectivity index (χ1) is 3.93. The second-order valence-corrected chi connectivity index (χ2v) is 2.46. The van der Waals surface area contributed by atoms with Gasteiger partial charge in [-0.3, -0.25) is 0 Å². The first-order valence-corrected chi connectivity index (χ1v) is 3.33. The summed E-state index contributed by atoms with van der Waals surface area (Å²) in [6.07, 6.45) is 6.20. The van der Waals surface area contributed by atoms with E-state index in [2.05, 4.69) is 6.07 Å². The van der Waals surface area contributed by atoms with Gasteiger partial charge in [0, 0.05) is 27.0 Å². The van der Waals surface area contributed by atoms with Crippen molar-refractivity contribution in [1.82, 2.24) is 6.15 Å². The molecule has 0 unspecified atom stereocenters. The number of rotatable bonds is 0. The van der Waals surface area contributed by atoms with Crippen LogP contribution in [0.5, 0.6) is 0 Å². The Kier molecular flexibility index (Phi) is 25.8. The molecule has 5 heteroatoms. The van der Waals surface area contributed by atoms with Crippen molar-refractivity contribution in [2.24, 2.45) is 5.92 Å². The fourth-order valence-corrected chi connectivity index (χ4v) is 1.23. The first-order valence-electron chi connectivity index (χ1n) is 3.33. The molecule has 12 heavy (non-hydrogen) atoms. The Bertz CT molecular complexity index is 110. The van der Waals surface area contributed by atoms with Gasteiger partial charge in [-0.2, -0.15) is 5.26 Å². The van der Waals surface area contributed by atoms with Crippen LogP contribution in [0.3, 0.4) is 0 Å². The Hall–Kier alpha value is 0.0583. The predicted molar refractivity (Wildman–Crippen MR) is 44.4 cm³/mol. The molecule has 0 saturated heterocycles. The molecule has 0 atom stereocenters. The maximum absolute atomic E-state index is 8.44. The largest absolute Gasteiger partial charge is 0.412 e. The van der Waals surface area contributed by atoms with Crippen molar-refractivity contribution < 1.29 is 32.0 Å². The minimum atomic E-state index is 0. The molecule has 0 aromatic rings. The van der Waals surface area contributed by atoms with Gasteiger partial charge in [0.05, 0.1) is 6.07 Å². The Morgan fingerprint density at radius 3 is 1.67 bits per heavy atom. The Balaban J connectivity index is -0.0000000800. The van der Waals surface area contributed by atoms with Crippen molar-refractivity contribution in [3.05, 3.63) is 0 Å². The molecule has 1 fully saturated rings. The summed E-state index contributed by atoms with van der Waals surface area (Å²) in [5.74, 6) is 0.392. The number of nitriles is 1. The predicted octanol–water partition coefficient (Wildman–Crippen LogP) is 0.600. The van der Waals surface area contributed by atoms with Gasteiger partial charge in [-0.15, -0.1) is 0 Å². The molecule has 0 aliphatic heterocycles. The van der Waals surface area contributed by atoms with Crippen LogP contribution in [0.15, 0.2) is 0 Å². The molecule has 0 bridgehead atoms. The topological polar surface area (TPSA) is 122 Å². The molecule has 1 aliphatic carbocycles. The zero-order valence-electron chi connectivity index (χ0n) is 7.08. The van der Waals surface area contributed by atoms with Crippen molar-refractivity contribution in [3.8, 4) is 6.07 Å². The average molecular weight is 357 g/mol. The minimum Gasteiger partial charge on any atom is -0.412 e. The van der Waals surface area contributed by atoms with Crippen LogP contribution in [0.25, 0.3) is 0 Å². The van der Waals surface area contributed by atoms with Crippen LogP contribution in [0.2, 0.25) is 0 Å². The number of hydrogen-bond acceptors (Lipinski definition) is 2. The summed E-state index contributed by atoms with van der Waals surface area (Å²) < 4.78 is 0. The molecule has 7 N–H and O–H groups in total. The summed E-state index contributed by atoms with van der Waals surface area (Å²) in [4.78, 5) is 0. The van der Waals surface area contributed by atoms with Gasteiger partial charge in [-0.05, 0) is 12.8 Å². The summed E-state index contributed by atoms with van der Waals surface area (Å²) >= 11 is 0. The molecular formula is C7H18N2O2Pt. The first kappa shape index (κ1) is 22.7. The molecule has 1 aliphatic rings. The van der Waals surface area contributed by atoms with Crippen LogP contribution < -0.4 is 6.15 Å². The van der Waals surface area contributed by atoms with Crippen LogP contribution in [-0.4, -0.2) is 11.0 Å². The monoisotopic (exact) mass is 357 g/mol. The van der Waals surface area contributed by atoms with Crippen LogP contribution in [0.1, 0.15) is 32.1 Å². The molecule has 0 amide bonds. The molecule has 78 valence electrons. The van der Waals surface area contributed by atoms with E-state index in [0.29, 0.717) is 5.92 Å². The summed E-state index contributed by atoms with van der Waals surface area (Å²) in [7, 11) is 0. The van der Waals surface area contributed by atoms with E-state index in [-0.39, 0.29) is 38.2 Å². The zero-order valence-corrected chi connectivity index (χ0v) is 9.36. The van der Waals surface area contributed by atoms with E-state index >= 15 is 0 Å². The van der Waals surface area contributed by atoms with Gasteiger partial charge in [-0.25, -0.2) is 0 Å². The van der Waals surface area contributed by atoms with E-state index < -0.39 is 0 Å². The number of hydrogen-bond donors (Lipinski definition) is 1. The summed E-state index contributed by atoms with van der Waals surface area (Å²) in [6.45, 7) is 0.